The normalized spacial score (nSPS) is 14.1. The summed E-state index contributed by atoms with van der Waals surface area (Å²) in [5.41, 5.74) is 2.53. The van der Waals surface area contributed by atoms with Gasteiger partial charge >= 0.3 is 8.56 Å². The Balaban J connectivity index is 2.35. The zero-order valence-corrected chi connectivity index (χ0v) is 13.4. The van der Waals surface area contributed by atoms with Crippen molar-refractivity contribution in [3.05, 3.63) is 42.0 Å². The van der Waals surface area contributed by atoms with E-state index in [-0.39, 0.29) is 0 Å². The molecule has 0 aliphatic rings. The third kappa shape index (κ3) is 5.72. The molecule has 0 N–H and O–H groups in total. The first-order chi connectivity index (χ1) is 9.13. The molecule has 0 radical (unpaired) electrons. The van der Waals surface area contributed by atoms with Crippen LogP contribution in [-0.4, -0.2) is 22.3 Å². The van der Waals surface area contributed by atoms with Crippen LogP contribution in [0.1, 0.15) is 30.9 Å². The minimum atomic E-state index is -1.90. The fourth-order valence-electron chi connectivity index (χ4n) is 2.13. The maximum Gasteiger partial charge on any atom is 0.334 e. The van der Waals surface area contributed by atoms with E-state index in [2.05, 4.69) is 44.3 Å². The topological polar surface area (TPSA) is 18.5 Å². The zero-order chi connectivity index (χ0) is 14.1. The Morgan fingerprint density at radius 1 is 1.37 bits per heavy atom. The van der Waals surface area contributed by atoms with Gasteiger partial charge in [0.25, 0.3) is 0 Å². The van der Waals surface area contributed by atoms with Crippen LogP contribution in [0.15, 0.2) is 30.8 Å². The molecule has 0 heterocycles. The van der Waals surface area contributed by atoms with Crippen molar-refractivity contribution in [2.24, 2.45) is 0 Å². The highest BCUT2D eigenvalue weighted by atomic mass is 28.4. The van der Waals surface area contributed by atoms with Crippen molar-refractivity contribution in [2.45, 2.75) is 38.8 Å². The third-order valence-corrected chi connectivity index (χ3v) is 6.43. The van der Waals surface area contributed by atoms with Crippen molar-refractivity contribution in [1.82, 2.24) is 0 Å². The fraction of sp³-hybridized carbons (Fsp3) is 0.500. The first-order valence-electron chi connectivity index (χ1n) is 7.04. The molecule has 106 valence electrons. The molecule has 0 fully saturated rings. The number of hydrogen-bond donors (Lipinski definition) is 0. The highest BCUT2D eigenvalue weighted by Gasteiger charge is 2.28. The maximum absolute atomic E-state index is 5.99. The van der Waals surface area contributed by atoms with Crippen molar-refractivity contribution in [3.8, 4) is 0 Å². The van der Waals surface area contributed by atoms with Crippen LogP contribution in [0.4, 0.5) is 0 Å². The number of hydrogen-bond acceptors (Lipinski definition) is 2. The van der Waals surface area contributed by atoms with E-state index in [4.69, 9.17) is 8.85 Å². The summed E-state index contributed by atoms with van der Waals surface area (Å²) in [6.45, 7) is 8.91. The lowest BCUT2D eigenvalue weighted by atomic mass is 10.1. The predicted molar refractivity (Wildman–Crippen MR) is 84.5 cm³/mol. The summed E-state index contributed by atoms with van der Waals surface area (Å²) in [6, 6.07) is 9.56. The summed E-state index contributed by atoms with van der Waals surface area (Å²) in [5, 5.41) is 0. The number of aryl methyl sites for hydroxylation is 1. The Labute approximate surface area is 118 Å². The summed E-state index contributed by atoms with van der Waals surface area (Å²) in [5.74, 6) is 0. The van der Waals surface area contributed by atoms with Crippen LogP contribution in [0.2, 0.25) is 12.6 Å². The molecule has 0 saturated heterocycles. The lowest BCUT2D eigenvalue weighted by Crippen LogP contribution is -2.37. The zero-order valence-electron chi connectivity index (χ0n) is 12.4. The van der Waals surface area contributed by atoms with Gasteiger partial charge in [0.1, 0.15) is 0 Å². The highest BCUT2D eigenvalue weighted by molar-refractivity contribution is 6.65. The second-order valence-electron chi connectivity index (χ2n) is 4.99. The van der Waals surface area contributed by atoms with Gasteiger partial charge in [-0.25, -0.2) is 0 Å². The molecule has 0 amide bonds. The van der Waals surface area contributed by atoms with Crippen molar-refractivity contribution >= 4 is 14.6 Å². The van der Waals surface area contributed by atoms with Gasteiger partial charge in [-0.3, -0.25) is 0 Å². The maximum atomic E-state index is 5.99. The minimum Gasteiger partial charge on any atom is -0.398 e. The van der Waals surface area contributed by atoms with Crippen LogP contribution in [-0.2, 0) is 15.3 Å². The summed E-state index contributed by atoms with van der Waals surface area (Å²) < 4.78 is 11.6. The summed E-state index contributed by atoms with van der Waals surface area (Å²) >= 11 is 0. The SMILES string of the molecule is C=Cc1cccc(CCCO[Si](C)(CCC)OC)c1. The van der Waals surface area contributed by atoms with Crippen molar-refractivity contribution in [1.29, 1.82) is 0 Å². The van der Waals surface area contributed by atoms with Gasteiger partial charge < -0.3 is 8.85 Å². The first kappa shape index (κ1) is 16.2. The molecule has 0 aliphatic heterocycles. The van der Waals surface area contributed by atoms with Crippen molar-refractivity contribution < 1.29 is 8.85 Å². The average Bonchev–Trinajstić information content (AvgIpc) is 2.44. The quantitative estimate of drug-likeness (QED) is 0.492. The van der Waals surface area contributed by atoms with Crippen LogP contribution in [0, 0.1) is 0 Å². The molecule has 1 aromatic carbocycles. The van der Waals surface area contributed by atoms with Crippen LogP contribution in [0.3, 0.4) is 0 Å². The monoisotopic (exact) mass is 278 g/mol. The molecule has 0 aliphatic carbocycles. The molecule has 1 atom stereocenters. The number of rotatable bonds is 9. The lowest BCUT2D eigenvalue weighted by molar-refractivity contribution is 0.201. The Bertz CT molecular complexity index is 392. The Hall–Kier alpha value is -0.903. The molecule has 0 spiro atoms. The van der Waals surface area contributed by atoms with Crippen LogP contribution < -0.4 is 0 Å². The Morgan fingerprint density at radius 2 is 2.16 bits per heavy atom. The molecule has 3 heteroatoms. The minimum absolute atomic E-state index is 0.787. The summed E-state index contributed by atoms with van der Waals surface area (Å²) in [6.07, 6.45) is 5.09. The smallest absolute Gasteiger partial charge is 0.334 e. The average molecular weight is 278 g/mol. The molecular formula is C16H26O2Si. The van der Waals surface area contributed by atoms with Gasteiger partial charge in [-0.15, -0.1) is 0 Å². The molecular weight excluding hydrogens is 252 g/mol. The molecule has 1 rings (SSSR count). The Kier molecular flexibility index (Phi) is 7.06. The van der Waals surface area contributed by atoms with E-state index in [0.29, 0.717) is 0 Å². The summed E-state index contributed by atoms with van der Waals surface area (Å²) in [4.78, 5) is 0. The number of benzene rings is 1. The predicted octanol–water partition coefficient (Wildman–Crippen LogP) is 4.41. The van der Waals surface area contributed by atoms with Gasteiger partial charge in [0.05, 0.1) is 0 Å². The second kappa shape index (κ2) is 8.30. The van der Waals surface area contributed by atoms with Gasteiger partial charge in [-0.2, -0.15) is 0 Å². The van der Waals surface area contributed by atoms with Crippen LogP contribution in [0.5, 0.6) is 0 Å². The van der Waals surface area contributed by atoms with E-state index < -0.39 is 8.56 Å². The molecule has 2 nitrogen and oxygen atoms in total. The third-order valence-electron chi connectivity index (χ3n) is 3.34. The van der Waals surface area contributed by atoms with Gasteiger partial charge in [0.2, 0.25) is 0 Å². The first-order valence-corrected chi connectivity index (χ1v) is 9.56. The van der Waals surface area contributed by atoms with E-state index in [9.17, 15) is 0 Å². The fourth-order valence-corrected chi connectivity index (χ4v) is 4.08. The van der Waals surface area contributed by atoms with E-state index in [0.717, 1.165) is 31.9 Å². The van der Waals surface area contributed by atoms with E-state index in [1.54, 1.807) is 7.11 Å². The molecule has 0 aromatic heterocycles. The molecule has 0 bridgehead atoms. The molecule has 1 unspecified atom stereocenters. The lowest BCUT2D eigenvalue weighted by Gasteiger charge is -2.24. The molecule has 19 heavy (non-hydrogen) atoms. The van der Waals surface area contributed by atoms with Crippen molar-refractivity contribution in [2.75, 3.05) is 13.7 Å². The second-order valence-corrected chi connectivity index (χ2v) is 8.45. The van der Waals surface area contributed by atoms with Crippen LogP contribution >= 0.6 is 0 Å². The summed E-state index contributed by atoms with van der Waals surface area (Å²) in [7, 11) is -0.122. The van der Waals surface area contributed by atoms with Gasteiger partial charge in [-0.05, 0) is 36.6 Å². The van der Waals surface area contributed by atoms with Gasteiger partial charge in [0.15, 0.2) is 0 Å². The van der Waals surface area contributed by atoms with Gasteiger partial charge in [-0.1, -0.05) is 50.3 Å². The largest absolute Gasteiger partial charge is 0.398 e. The Morgan fingerprint density at radius 3 is 2.79 bits per heavy atom. The molecule has 0 saturated carbocycles. The van der Waals surface area contributed by atoms with E-state index >= 15 is 0 Å². The molecule has 1 aromatic rings. The van der Waals surface area contributed by atoms with Crippen LogP contribution in [0.25, 0.3) is 6.08 Å². The van der Waals surface area contributed by atoms with E-state index in [1.807, 2.05) is 6.08 Å². The highest BCUT2D eigenvalue weighted by Crippen LogP contribution is 2.15. The van der Waals surface area contributed by atoms with E-state index in [1.165, 1.54) is 11.1 Å². The van der Waals surface area contributed by atoms with Gasteiger partial charge in [0, 0.05) is 13.7 Å². The standard InChI is InChI=1S/C16H26O2Si/c1-5-13-19(4,17-3)18-12-8-11-16-10-7-9-15(6-2)14-16/h6-7,9-10,14H,2,5,8,11-13H2,1,3-4H3. The van der Waals surface area contributed by atoms with Crippen molar-refractivity contribution in [3.63, 3.8) is 0 Å².